The summed E-state index contributed by atoms with van der Waals surface area (Å²) in [5.74, 6) is -2.69. The first kappa shape index (κ1) is 27.0. The van der Waals surface area contributed by atoms with Gasteiger partial charge in [-0.05, 0) is 56.8 Å². The average molecular weight is 486 g/mol. The van der Waals surface area contributed by atoms with Gasteiger partial charge < -0.3 is 14.6 Å². The van der Waals surface area contributed by atoms with Gasteiger partial charge in [0.15, 0.2) is 5.78 Å². The fourth-order valence-corrected chi connectivity index (χ4v) is 3.35. The SMILES string of the molecule is CCC(C(=O)NC(CC(=O)OC(C)(C)C)C(=O)CF)n1ccc2cc(C(F)(F)F)ccc2c1=O. The molecule has 0 aliphatic rings. The molecule has 0 saturated carbocycles. The summed E-state index contributed by atoms with van der Waals surface area (Å²) in [7, 11) is 0. The summed E-state index contributed by atoms with van der Waals surface area (Å²) >= 11 is 0. The first-order valence-corrected chi connectivity index (χ1v) is 10.5. The highest BCUT2D eigenvalue weighted by Gasteiger charge is 2.32. The Labute approximate surface area is 193 Å². The van der Waals surface area contributed by atoms with E-state index < -0.39 is 65.7 Å². The minimum Gasteiger partial charge on any atom is -0.460 e. The minimum atomic E-state index is -4.58. The molecule has 7 nitrogen and oxygen atoms in total. The lowest BCUT2D eigenvalue weighted by molar-refractivity contribution is -0.156. The number of carbonyl (C=O) groups is 3. The maximum absolute atomic E-state index is 13.0. The lowest BCUT2D eigenvalue weighted by atomic mass is 10.1. The second-order valence-electron chi connectivity index (χ2n) is 8.70. The number of rotatable bonds is 8. The van der Waals surface area contributed by atoms with Crippen molar-refractivity contribution in [1.29, 1.82) is 0 Å². The number of aromatic nitrogens is 1. The standard InChI is InChI=1S/C23H26F4N2O5/c1-5-17(20(32)28-16(18(30)12-24)11-19(31)34-22(2,3)4)29-9-8-13-10-14(23(25,26)27)6-7-15(13)21(29)33/h6-10,16-17H,5,11-12H2,1-4H3,(H,28,32). The van der Waals surface area contributed by atoms with E-state index in [1.54, 1.807) is 27.7 Å². The van der Waals surface area contributed by atoms with Gasteiger partial charge in [0.2, 0.25) is 5.91 Å². The molecule has 1 heterocycles. The van der Waals surface area contributed by atoms with Crippen molar-refractivity contribution in [3.63, 3.8) is 0 Å². The molecule has 0 saturated heterocycles. The minimum absolute atomic E-state index is 0.0353. The number of amides is 1. The highest BCUT2D eigenvalue weighted by atomic mass is 19.4. The number of alkyl halides is 4. The Balaban J connectivity index is 2.34. The van der Waals surface area contributed by atoms with Crippen LogP contribution in [0, 0.1) is 0 Å². The number of Topliss-reactive ketones (excluding diaryl/α,β-unsaturated/α-hetero) is 1. The van der Waals surface area contributed by atoms with Crippen molar-refractivity contribution in [2.75, 3.05) is 6.67 Å². The first-order chi connectivity index (χ1) is 15.7. The summed E-state index contributed by atoms with van der Waals surface area (Å²) in [5.41, 5.74) is -2.49. The number of esters is 1. The Bertz CT molecular complexity index is 1130. The monoisotopic (exact) mass is 486 g/mol. The largest absolute Gasteiger partial charge is 0.460 e. The van der Waals surface area contributed by atoms with Gasteiger partial charge in [0.25, 0.3) is 5.56 Å². The van der Waals surface area contributed by atoms with E-state index in [2.05, 4.69) is 5.32 Å². The van der Waals surface area contributed by atoms with Crippen molar-refractivity contribution >= 4 is 28.4 Å². The number of nitrogens with zero attached hydrogens (tertiary/aromatic N) is 1. The molecule has 0 aliphatic heterocycles. The van der Waals surface area contributed by atoms with E-state index >= 15 is 0 Å². The summed E-state index contributed by atoms with van der Waals surface area (Å²) < 4.78 is 58.1. The smallest absolute Gasteiger partial charge is 0.416 e. The zero-order chi connectivity index (χ0) is 25.8. The van der Waals surface area contributed by atoms with E-state index in [4.69, 9.17) is 4.74 Å². The summed E-state index contributed by atoms with van der Waals surface area (Å²) in [6.07, 6.45) is -3.94. The van der Waals surface area contributed by atoms with Crippen LogP contribution in [0.4, 0.5) is 17.6 Å². The molecule has 0 spiro atoms. The molecular weight excluding hydrogens is 460 g/mol. The average Bonchev–Trinajstić information content (AvgIpc) is 2.72. The van der Waals surface area contributed by atoms with Crippen LogP contribution in [0.2, 0.25) is 0 Å². The van der Waals surface area contributed by atoms with Crippen molar-refractivity contribution in [3.05, 3.63) is 46.4 Å². The summed E-state index contributed by atoms with van der Waals surface area (Å²) in [6.45, 7) is 4.96. The molecule has 1 amide bonds. The molecule has 0 radical (unpaired) electrons. The number of nitrogens with one attached hydrogen (secondary N) is 1. The molecule has 0 aliphatic carbocycles. The van der Waals surface area contributed by atoms with Crippen LogP contribution in [0.3, 0.4) is 0 Å². The van der Waals surface area contributed by atoms with Crippen molar-refractivity contribution in [1.82, 2.24) is 9.88 Å². The maximum atomic E-state index is 13.0. The van der Waals surface area contributed by atoms with E-state index in [9.17, 15) is 36.7 Å². The van der Waals surface area contributed by atoms with Gasteiger partial charge in [-0.15, -0.1) is 0 Å². The van der Waals surface area contributed by atoms with E-state index in [1.807, 2.05) is 0 Å². The van der Waals surface area contributed by atoms with E-state index in [-0.39, 0.29) is 17.2 Å². The predicted molar refractivity (Wildman–Crippen MR) is 116 cm³/mol. The van der Waals surface area contributed by atoms with Crippen molar-refractivity contribution in [2.24, 2.45) is 0 Å². The molecule has 2 unspecified atom stereocenters. The zero-order valence-electron chi connectivity index (χ0n) is 19.2. The number of carbonyl (C=O) groups excluding carboxylic acids is 3. The Hall–Kier alpha value is -3.24. The fourth-order valence-electron chi connectivity index (χ4n) is 3.35. The molecule has 0 fully saturated rings. The molecule has 1 aromatic carbocycles. The second-order valence-corrected chi connectivity index (χ2v) is 8.70. The van der Waals surface area contributed by atoms with Crippen LogP contribution in [0.25, 0.3) is 10.8 Å². The lowest BCUT2D eigenvalue weighted by Crippen LogP contribution is -2.47. The Morgan fingerprint density at radius 1 is 1.12 bits per heavy atom. The molecular formula is C23H26F4N2O5. The number of fused-ring (bicyclic) bond motifs is 1. The maximum Gasteiger partial charge on any atom is 0.416 e. The van der Waals surface area contributed by atoms with E-state index in [1.165, 1.54) is 12.3 Å². The first-order valence-electron chi connectivity index (χ1n) is 10.5. The third-order valence-corrected chi connectivity index (χ3v) is 4.91. The molecule has 186 valence electrons. The van der Waals surface area contributed by atoms with Gasteiger partial charge in [-0.3, -0.25) is 19.2 Å². The van der Waals surface area contributed by atoms with Crippen LogP contribution < -0.4 is 10.9 Å². The van der Waals surface area contributed by atoms with Crippen LogP contribution in [-0.2, 0) is 25.3 Å². The van der Waals surface area contributed by atoms with Gasteiger partial charge >= 0.3 is 12.1 Å². The van der Waals surface area contributed by atoms with Crippen LogP contribution in [-0.4, -0.2) is 40.5 Å². The van der Waals surface area contributed by atoms with Crippen molar-refractivity contribution in [3.8, 4) is 0 Å². The zero-order valence-corrected chi connectivity index (χ0v) is 19.2. The molecule has 11 heteroatoms. The summed E-state index contributed by atoms with van der Waals surface area (Å²) in [5, 5.41) is 2.31. The molecule has 2 aromatic rings. The third kappa shape index (κ3) is 6.64. The highest BCUT2D eigenvalue weighted by molar-refractivity contribution is 5.94. The van der Waals surface area contributed by atoms with E-state index in [0.717, 1.165) is 22.8 Å². The van der Waals surface area contributed by atoms with Gasteiger partial charge in [-0.25, -0.2) is 4.39 Å². The molecule has 1 aromatic heterocycles. The van der Waals surface area contributed by atoms with Crippen LogP contribution in [0.15, 0.2) is 35.3 Å². The topological polar surface area (TPSA) is 94.5 Å². The summed E-state index contributed by atoms with van der Waals surface area (Å²) in [6, 6.07) is 1.23. The Morgan fingerprint density at radius 3 is 2.29 bits per heavy atom. The Kier molecular flexibility index (Phi) is 8.22. The quantitative estimate of drug-likeness (QED) is 0.453. The molecule has 1 N–H and O–H groups in total. The normalized spacial score (nSPS) is 13.9. The van der Waals surface area contributed by atoms with Crippen molar-refractivity contribution < 1.29 is 36.7 Å². The fraction of sp³-hybridized carbons (Fsp3) is 0.478. The third-order valence-electron chi connectivity index (χ3n) is 4.91. The van der Waals surface area contributed by atoms with Gasteiger partial charge in [-0.1, -0.05) is 6.92 Å². The van der Waals surface area contributed by atoms with Crippen LogP contribution in [0.1, 0.15) is 52.1 Å². The molecule has 0 bridgehead atoms. The Morgan fingerprint density at radius 2 is 1.76 bits per heavy atom. The number of benzene rings is 1. The highest BCUT2D eigenvalue weighted by Crippen LogP contribution is 2.31. The molecule has 34 heavy (non-hydrogen) atoms. The number of pyridine rings is 1. The van der Waals surface area contributed by atoms with Gasteiger partial charge in [0, 0.05) is 11.6 Å². The van der Waals surface area contributed by atoms with Gasteiger partial charge in [0.05, 0.1) is 12.0 Å². The number of hydrogen-bond acceptors (Lipinski definition) is 5. The number of ketones is 1. The summed E-state index contributed by atoms with van der Waals surface area (Å²) in [4.78, 5) is 49.9. The molecule has 2 atom stereocenters. The van der Waals surface area contributed by atoms with E-state index in [0.29, 0.717) is 0 Å². The lowest BCUT2D eigenvalue weighted by Gasteiger charge is -2.24. The van der Waals surface area contributed by atoms with Gasteiger partial charge in [0.1, 0.15) is 24.4 Å². The van der Waals surface area contributed by atoms with Gasteiger partial charge in [-0.2, -0.15) is 13.2 Å². The van der Waals surface area contributed by atoms with Crippen molar-refractivity contribution in [2.45, 2.75) is 64.4 Å². The van der Waals surface area contributed by atoms with Crippen LogP contribution >= 0.6 is 0 Å². The number of hydrogen-bond donors (Lipinski definition) is 1. The molecule has 2 rings (SSSR count). The van der Waals surface area contributed by atoms with Crippen LogP contribution in [0.5, 0.6) is 0 Å². The predicted octanol–water partition coefficient (Wildman–Crippen LogP) is 3.73. The second kappa shape index (κ2) is 10.4. The number of halogens is 4. The number of ether oxygens (including phenoxy) is 1.